The van der Waals surface area contributed by atoms with Crippen LogP contribution in [0.1, 0.15) is 39.0 Å². The van der Waals surface area contributed by atoms with Crippen LogP contribution in [0.3, 0.4) is 0 Å². The quantitative estimate of drug-likeness (QED) is 0.786. The largest absolute Gasteiger partial charge is 0.381 e. The number of rotatable bonds is 6. The molecule has 0 spiro atoms. The summed E-state index contributed by atoms with van der Waals surface area (Å²) < 4.78 is 5.59. The Labute approximate surface area is 112 Å². The molecule has 3 heteroatoms. The van der Waals surface area contributed by atoms with Crippen molar-refractivity contribution >= 4 is 0 Å². The molecule has 2 atom stereocenters. The molecule has 0 bridgehead atoms. The van der Waals surface area contributed by atoms with Gasteiger partial charge in [-0.15, -0.1) is 0 Å². The molecule has 106 valence electrons. The Morgan fingerprint density at radius 3 is 2.94 bits per heavy atom. The zero-order chi connectivity index (χ0) is 12.8. The molecular weight excluding hydrogens is 224 g/mol. The molecule has 2 unspecified atom stereocenters. The molecule has 0 aliphatic carbocycles. The molecular formula is C15H30N2O. The highest BCUT2D eigenvalue weighted by molar-refractivity contribution is 4.90. The Morgan fingerprint density at radius 1 is 1.44 bits per heavy atom. The SMILES string of the molecule is CCCC1(CN(C)CC2CCCOC2)CCNC1. The van der Waals surface area contributed by atoms with Gasteiger partial charge >= 0.3 is 0 Å². The maximum atomic E-state index is 5.59. The van der Waals surface area contributed by atoms with Gasteiger partial charge in [0.15, 0.2) is 0 Å². The molecule has 0 aromatic carbocycles. The van der Waals surface area contributed by atoms with Crippen LogP contribution in [-0.4, -0.2) is 51.3 Å². The number of ether oxygens (including phenoxy) is 1. The molecule has 0 radical (unpaired) electrons. The van der Waals surface area contributed by atoms with Gasteiger partial charge in [-0.05, 0) is 50.6 Å². The third-order valence-electron chi connectivity index (χ3n) is 4.54. The van der Waals surface area contributed by atoms with Crippen LogP contribution in [0.5, 0.6) is 0 Å². The first kappa shape index (κ1) is 14.3. The van der Waals surface area contributed by atoms with Gasteiger partial charge in [-0.1, -0.05) is 13.3 Å². The third-order valence-corrected chi connectivity index (χ3v) is 4.54. The summed E-state index contributed by atoms with van der Waals surface area (Å²) >= 11 is 0. The molecule has 2 rings (SSSR count). The lowest BCUT2D eigenvalue weighted by Crippen LogP contribution is -2.40. The van der Waals surface area contributed by atoms with Gasteiger partial charge in [-0.25, -0.2) is 0 Å². The molecule has 0 aromatic rings. The standard InChI is InChI=1S/C15H30N2O/c1-3-6-15(7-8-16-12-15)13-17(2)10-14-5-4-9-18-11-14/h14,16H,3-13H2,1-2H3. The molecule has 0 aromatic heterocycles. The molecule has 3 nitrogen and oxygen atoms in total. The van der Waals surface area contributed by atoms with Crippen LogP contribution >= 0.6 is 0 Å². The summed E-state index contributed by atoms with van der Waals surface area (Å²) in [5, 5.41) is 3.56. The highest BCUT2D eigenvalue weighted by atomic mass is 16.5. The average Bonchev–Trinajstić information content (AvgIpc) is 2.79. The topological polar surface area (TPSA) is 24.5 Å². The van der Waals surface area contributed by atoms with Gasteiger partial charge in [0.25, 0.3) is 0 Å². The predicted molar refractivity (Wildman–Crippen MR) is 75.9 cm³/mol. The first-order valence-electron chi connectivity index (χ1n) is 7.71. The van der Waals surface area contributed by atoms with Crippen LogP contribution in [0, 0.1) is 11.3 Å². The van der Waals surface area contributed by atoms with Crippen molar-refractivity contribution in [2.24, 2.45) is 11.3 Å². The number of hydrogen-bond donors (Lipinski definition) is 1. The van der Waals surface area contributed by atoms with E-state index >= 15 is 0 Å². The summed E-state index contributed by atoms with van der Waals surface area (Å²) in [6, 6.07) is 0. The van der Waals surface area contributed by atoms with E-state index in [1.54, 1.807) is 0 Å². The Morgan fingerprint density at radius 2 is 2.33 bits per heavy atom. The van der Waals surface area contributed by atoms with Gasteiger partial charge in [0.05, 0.1) is 6.61 Å². The van der Waals surface area contributed by atoms with E-state index in [1.165, 1.54) is 58.3 Å². The van der Waals surface area contributed by atoms with Crippen LogP contribution in [0.4, 0.5) is 0 Å². The fraction of sp³-hybridized carbons (Fsp3) is 1.00. The molecule has 0 saturated carbocycles. The van der Waals surface area contributed by atoms with Gasteiger partial charge in [0, 0.05) is 26.2 Å². The van der Waals surface area contributed by atoms with E-state index in [0.717, 1.165) is 19.1 Å². The molecule has 2 aliphatic heterocycles. The maximum Gasteiger partial charge on any atom is 0.0506 e. The minimum absolute atomic E-state index is 0.541. The number of nitrogens with one attached hydrogen (secondary N) is 1. The van der Waals surface area contributed by atoms with Crippen LogP contribution in [0.15, 0.2) is 0 Å². The molecule has 0 amide bonds. The summed E-state index contributed by atoms with van der Waals surface area (Å²) in [5.41, 5.74) is 0.541. The van der Waals surface area contributed by atoms with Crippen molar-refractivity contribution in [1.29, 1.82) is 0 Å². The first-order chi connectivity index (χ1) is 8.74. The van der Waals surface area contributed by atoms with Gasteiger partial charge in [-0.3, -0.25) is 0 Å². The fourth-order valence-corrected chi connectivity index (χ4v) is 3.78. The summed E-state index contributed by atoms with van der Waals surface area (Å²) in [7, 11) is 2.30. The number of hydrogen-bond acceptors (Lipinski definition) is 3. The minimum Gasteiger partial charge on any atom is -0.381 e. The Balaban J connectivity index is 1.78. The molecule has 2 saturated heterocycles. The van der Waals surface area contributed by atoms with E-state index in [9.17, 15) is 0 Å². The molecule has 2 aliphatic rings. The minimum atomic E-state index is 0.541. The molecule has 1 N–H and O–H groups in total. The van der Waals surface area contributed by atoms with E-state index in [0.29, 0.717) is 5.41 Å². The van der Waals surface area contributed by atoms with E-state index in [2.05, 4.69) is 24.2 Å². The van der Waals surface area contributed by atoms with Crippen molar-refractivity contribution in [3.63, 3.8) is 0 Å². The lowest BCUT2D eigenvalue weighted by Gasteiger charge is -2.35. The van der Waals surface area contributed by atoms with Crippen molar-refractivity contribution in [2.75, 3.05) is 46.4 Å². The van der Waals surface area contributed by atoms with Crippen molar-refractivity contribution in [2.45, 2.75) is 39.0 Å². The lowest BCUT2D eigenvalue weighted by atomic mass is 9.82. The van der Waals surface area contributed by atoms with Crippen LogP contribution in [0.25, 0.3) is 0 Å². The van der Waals surface area contributed by atoms with E-state index in [4.69, 9.17) is 4.74 Å². The first-order valence-corrected chi connectivity index (χ1v) is 7.71. The second-order valence-electron chi connectivity index (χ2n) is 6.46. The highest BCUT2D eigenvalue weighted by Crippen LogP contribution is 2.32. The number of nitrogens with zero attached hydrogens (tertiary/aromatic N) is 1. The van der Waals surface area contributed by atoms with Crippen LogP contribution in [-0.2, 0) is 4.74 Å². The third kappa shape index (κ3) is 3.94. The second-order valence-corrected chi connectivity index (χ2v) is 6.46. The van der Waals surface area contributed by atoms with Gasteiger partial charge in [-0.2, -0.15) is 0 Å². The zero-order valence-electron chi connectivity index (χ0n) is 12.2. The summed E-state index contributed by atoms with van der Waals surface area (Å²) in [4.78, 5) is 2.56. The summed E-state index contributed by atoms with van der Waals surface area (Å²) in [5.74, 6) is 0.761. The van der Waals surface area contributed by atoms with Crippen LogP contribution < -0.4 is 5.32 Å². The monoisotopic (exact) mass is 254 g/mol. The van der Waals surface area contributed by atoms with E-state index in [-0.39, 0.29) is 0 Å². The Bertz CT molecular complexity index is 233. The smallest absolute Gasteiger partial charge is 0.0506 e. The van der Waals surface area contributed by atoms with Crippen molar-refractivity contribution in [3.8, 4) is 0 Å². The highest BCUT2D eigenvalue weighted by Gasteiger charge is 2.34. The predicted octanol–water partition coefficient (Wildman–Crippen LogP) is 2.12. The maximum absolute atomic E-state index is 5.59. The lowest BCUT2D eigenvalue weighted by molar-refractivity contribution is 0.0358. The normalized spacial score (nSPS) is 33.2. The van der Waals surface area contributed by atoms with Crippen molar-refractivity contribution in [1.82, 2.24) is 10.2 Å². The zero-order valence-corrected chi connectivity index (χ0v) is 12.2. The van der Waals surface area contributed by atoms with Gasteiger partial charge < -0.3 is 15.0 Å². The average molecular weight is 254 g/mol. The molecule has 2 heterocycles. The molecule has 18 heavy (non-hydrogen) atoms. The Hall–Kier alpha value is -0.120. The summed E-state index contributed by atoms with van der Waals surface area (Å²) in [6.45, 7) is 9.16. The van der Waals surface area contributed by atoms with Crippen LogP contribution in [0.2, 0.25) is 0 Å². The Kier molecular flexibility index (Phi) is 5.46. The fourth-order valence-electron chi connectivity index (χ4n) is 3.78. The van der Waals surface area contributed by atoms with Crippen molar-refractivity contribution < 1.29 is 4.74 Å². The summed E-state index contributed by atoms with van der Waals surface area (Å²) in [6.07, 6.45) is 6.63. The van der Waals surface area contributed by atoms with E-state index < -0.39 is 0 Å². The van der Waals surface area contributed by atoms with Crippen molar-refractivity contribution in [3.05, 3.63) is 0 Å². The van der Waals surface area contributed by atoms with Gasteiger partial charge in [0.2, 0.25) is 0 Å². The second kappa shape index (κ2) is 6.88. The molecule has 2 fully saturated rings. The van der Waals surface area contributed by atoms with E-state index in [1.807, 2.05) is 0 Å². The van der Waals surface area contributed by atoms with Gasteiger partial charge in [0.1, 0.15) is 0 Å².